The summed E-state index contributed by atoms with van der Waals surface area (Å²) in [6.07, 6.45) is 1.90. The number of rotatable bonds is 5. The summed E-state index contributed by atoms with van der Waals surface area (Å²) in [7, 11) is 1.58. The molecule has 4 rings (SSSR count). The lowest BCUT2D eigenvalue weighted by Crippen LogP contribution is -2.30. The average Bonchev–Trinajstić information content (AvgIpc) is 3.23. The Bertz CT molecular complexity index is 866. The van der Waals surface area contributed by atoms with E-state index in [1.165, 1.54) is 0 Å². The molecule has 0 saturated carbocycles. The first-order valence-electron chi connectivity index (χ1n) is 9.72. The molecule has 1 atom stereocenters. The molecule has 0 aliphatic carbocycles. The molecule has 1 fully saturated rings. The minimum Gasteiger partial charge on any atom is -0.493 e. The van der Waals surface area contributed by atoms with Crippen LogP contribution in [0.1, 0.15) is 41.7 Å². The summed E-state index contributed by atoms with van der Waals surface area (Å²) in [4.78, 5) is 15.2. The number of fused-ring (bicyclic) bond motifs is 1. The van der Waals surface area contributed by atoms with Crippen molar-refractivity contribution in [2.24, 2.45) is 0 Å². The number of methoxy groups -OCH3 is 1. The molecule has 1 amide bonds. The molecule has 2 aromatic rings. The summed E-state index contributed by atoms with van der Waals surface area (Å²) < 4.78 is 22.3. The largest absolute Gasteiger partial charge is 0.493 e. The van der Waals surface area contributed by atoms with Gasteiger partial charge in [0.25, 0.3) is 5.91 Å². The van der Waals surface area contributed by atoms with Gasteiger partial charge in [0.1, 0.15) is 13.2 Å². The SMILES string of the molecule is CCOc1ccc(C(=O)N2CCCC2c2ccc3c(c2)OCCO3)cc1OC. The molecule has 1 unspecified atom stereocenters. The molecule has 0 N–H and O–H groups in total. The van der Waals surface area contributed by atoms with Gasteiger partial charge in [-0.15, -0.1) is 0 Å². The van der Waals surface area contributed by atoms with Crippen LogP contribution in [-0.4, -0.2) is 44.3 Å². The normalized spacial score (nSPS) is 18.1. The molecule has 2 aliphatic heterocycles. The van der Waals surface area contributed by atoms with E-state index in [-0.39, 0.29) is 11.9 Å². The molecule has 6 nitrogen and oxygen atoms in total. The number of hydrogen-bond acceptors (Lipinski definition) is 5. The second kappa shape index (κ2) is 8.00. The first-order valence-corrected chi connectivity index (χ1v) is 9.72. The number of nitrogens with zero attached hydrogens (tertiary/aromatic N) is 1. The lowest BCUT2D eigenvalue weighted by atomic mass is 10.0. The Labute approximate surface area is 165 Å². The van der Waals surface area contributed by atoms with Crippen LogP contribution in [0.4, 0.5) is 0 Å². The predicted octanol–water partition coefficient (Wildman–Crippen LogP) is 3.84. The lowest BCUT2D eigenvalue weighted by Gasteiger charge is -2.27. The van der Waals surface area contributed by atoms with E-state index in [4.69, 9.17) is 18.9 Å². The number of hydrogen-bond donors (Lipinski definition) is 0. The second-order valence-electron chi connectivity index (χ2n) is 6.86. The fourth-order valence-corrected chi connectivity index (χ4v) is 3.86. The zero-order valence-corrected chi connectivity index (χ0v) is 16.3. The average molecular weight is 383 g/mol. The van der Waals surface area contributed by atoms with Crippen molar-refractivity contribution in [3.05, 3.63) is 47.5 Å². The third kappa shape index (κ3) is 3.46. The molecule has 0 spiro atoms. The summed E-state index contributed by atoms with van der Waals surface area (Å²) in [5, 5.41) is 0. The summed E-state index contributed by atoms with van der Waals surface area (Å²) in [6, 6.07) is 11.4. The number of benzene rings is 2. The number of carbonyl (C=O) groups is 1. The Morgan fingerprint density at radius 2 is 1.93 bits per heavy atom. The van der Waals surface area contributed by atoms with E-state index in [1.54, 1.807) is 25.3 Å². The predicted molar refractivity (Wildman–Crippen MR) is 105 cm³/mol. The highest BCUT2D eigenvalue weighted by Gasteiger charge is 2.32. The minimum atomic E-state index is -0.00117. The van der Waals surface area contributed by atoms with Crippen LogP contribution in [0, 0.1) is 0 Å². The van der Waals surface area contributed by atoms with Crippen molar-refractivity contribution in [3.63, 3.8) is 0 Å². The second-order valence-corrected chi connectivity index (χ2v) is 6.86. The zero-order valence-electron chi connectivity index (χ0n) is 16.3. The van der Waals surface area contributed by atoms with Gasteiger partial charge in [-0.3, -0.25) is 4.79 Å². The summed E-state index contributed by atoms with van der Waals surface area (Å²) >= 11 is 0. The van der Waals surface area contributed by atoms with Crippen LogP contribution in [0.15, 0.2) is 36.4 Å². The highest BCUT2D eigenvalue weighted by molar-refractivity contribution is 5.95. The van der Waals surface area contributed by atoms with Crippen LogP contribution in [0.2, 0.25) is 0 Å². The third-order valence-corrected chi connectivity index (χ3v) is 5.18. The van der Waals surface area contributed by atoms with Crippen LogP contribution in [0.3, 0.4) is 0 Å². The van der Waals surface area contributed by atoms with E-state index in [9.17, 15) is 4.79 Å². The van der Waals surface area contributed by atoms with Gasteiger partial charge in [-0.05, 0) is 55.7 Å². The van der Waals surface area contributed by atoms with E-state index in [2.05, 4.69) is 0 Å². The van der Waals surface area contributed by atoms with E-state index in [1.807, 2.05) is 30.0 Å². The molecular weight excluding hydrogens is 358 g/mol. The topological polar surface area (TPSA) is 57.2 Å². The molecular formula is C22H25NO5. The first-order chi connectivity index (χ1) is 13.7. The third-order valence-electron chi connectivity index (χ3n) is 5.18. The van der Waals surface area contributed by atoms with Crippen molar-refractivity contribution < 1.29 is 23.7 Å². The van der Waals surface area contributed by atoms with Gasteiger partial charge in [0.2, 0.25) is 0 Å². The fraction of sp³-hybridized carbons (Fsp3) is 0.409. The van der Waals surface area contributed by atoms with Crippen molar-refractivity contribution in [1.29, 1.82) is 0 Å². The highest BCUT2D eigenvalue weighted by Crippen LogP contribution is 2.39. The van der Waals surface area contributed by atoms with Crippen molar-refractivity contribution in [2.45, 2.75) is 25.8 Å². The van der Waals surface area contributed by atoms with E-state index >= 15 is 0 Å². The highest BCUT2D eigenvalue weighted by atomic mass is 16.6. The maximum Gasteiger partial charge on any atom is 0.254 e. The van der Waals surface area contributed by atoms with E-state index < -0.39 is 0 Å². The Morgan fingerprint density at radius 1 is 1.11 bits per heavy atom. The zero-order chi connectivity index (χ0) is 19.5. The minimum absolute atomic E-state index is 0.00117. The first kappa shape index (κ1) is 18.5. The molecule has 0 aromatic heterocycles. The Balaban J connectivity index is 1.59. The van der Waals surface area contributed by atoms with E-state index in [0.717, 1.165) is 36.4 Å². The van der Waals surface area contributed by atoms with Crippen LogP contribution < -0.4 is 18.9 Å². The number of ether oxygens (including phenoxy) is 4. The number of carbonyl (C=O) groups excluding carboxylic acids is 1. The standard InChI is InChI=1S/C22H25NO5/c1-3-26-18-9-7-16(14-20(18)25-2)22(24)23-10-4-5-17(23)15-6-8-19-21(13-15)28-12-11-27-19/h6-9,13-14,17H,3-5,10-12H2,1-2H3. The van der Waals surface area contributed by atoms with Gasteiger partial charge in [0.05, 0.1) is 19.8 Å². The summed E-state index contributed by atoms with van der Waals surface area (Å²) in [5.74, 6) is 2.74. The summed E-state index contributed by atoms with van der Waals surface area (Å²) in [5.41, 5.74) is 1.68. The number of amides is 1. The van der Waals surface area contributed by atoms with Crippen LogP contribution in [0.5, 0.6) is 23.0 Å². The molecule has 6 heteroatoms. The van der Waals surface area contributed by atoms with Gasteiger partial charge < -0.3 is 23.8 Å². The fourth-order valence-electron chi connectivity index (χ4n) is 3.86. The molecule has 0 bridgehead atoms. The molecule has 2 aromatic carbocycles. The van der Waals surface area contributed by atoms with Gasteiger partial charge in [-0.1, -0.05) is 6.07 Å². The smallest absolute Gasteiger partial charge is 0.254 e. The van der Waals surface area contributed by atoms with Crippen molar-refractivity contribution in [2.75, 3.05) is 33.5 Å². The summed E-state index contributed by atoms with van der Waals surface area (Å²) in [6.45, 7) is 4.31. The Kier molecular flexibility index (Phi) is 5.28. The van der Waals surface area contributed by atoms with Crippen molar-refractivity contribution >= 4 is 5.91 Å². The molecule has 148 valence electrons. The number of likely N-dealkylation sites (tertiary alicyclic amines) is 1. The Morgan fingerprint density at radius 3 is 2.71 bits per heavy atom. The lowest BCUT2D eigenvalue weighted by molar-refractivity contribution is 0.0734. The quantitative estimate of drug-likeness (QED) is 0.785. The van der Waals surface area contributed by atoms with Crippen LogP contribution >= 0.6 is 0 Å². The van der Waals surface area contributed by atoms with Crippen molar-refractivity contribution in [3.8, 4) is 23.0 Å². The maximum atomic E-state index is 13.2. The van der Waals surface area contributed by atoms with E-state index in [0.29, 0.717) is 36.9 Å². The maximum absolute atomic E-state index is 13.2. The molecule has 28 heavy (non-hydrogen) atoms. The molecule has 0 radical (unpaired) electrons. The molecule has 2 aliphatic rings. The van der Waals surface area contributed by atoms with Gasteiger partial charge in [-0.25, -0.2) is 0 Å². The Hall–Kier alpha value is -2.89. The molecule has 1 saturated heterocycles. The van der Waals surface area contributed by atoms with Crippen LogP contribution in [-0.2, 0) is 0 Å². The van der Waals surface area contributed by atoms with Crippen LogP contribution in [0.25, 0.3) is 0 Å². The van der Waals surface area contributed by atoms with Gasteiger partial charge >= 0.3 is 0 Å². The van der Waals surface area contributed by atoms with Gasteiger partial charge in [-0.2, -0.15) is 0 Å². The van der Waals surface area contributed by atoms with Gasteiger partial charge in [0, 0.05) is 12.1 Å². The monoisotopic (exact) mass is 383 g/mol. The van der Waals surface area contributed by atoms with Crippen molar-refractivity contribution in [1.82, 2.24) is 4.90 Å². The van der Waals surface area contributed by atoms with Gasteiger partial charge in [0.15, 0.2) is 23.0 Å². The molecule has 2 heterocycles.